The van der Waals surface area contributed by atoms with Crippen LogP contribution in [0.25, 0.3) is 10.9 Å². The van der Waals surface area contributed by atoms with Crippen molar-refractivity contribution in [3.05, 3.63) is 51.9 Å². The van der Waals surface area contributed by atoms with E-state index in [1.807, 2.05) is 0 Å². The highest BCUT2D eigenvalue weighted by Crippen LogP contribution is 2.31. The number of carbonyl (C=O) groups excluding carboxylic acids is 2. The summed E-state index contributed by atoms with van der Waals surface area (Å²) in [6.45, 7) is -2.76. The lowest BCUT2D eigenvalue weighted by atomic mass is 10.1. The van der Waals surface area contributed by atoms with Crippen LogP contribution in [0.5, 0.6) is 0 Å². The highest BCUT2D eigenvalue weighted by Gasteiger charge is 2.17. The monoisotopic (exact) mass is 487 g/mol. The molecular formula is C20H21Cl2F2N5O3. The van der Waals surface area contributed by atoms with Crippen molar-refractivity contribution in [1.29, 1.82) is 0 Å². The van der Waals surface area contributed by atoms with E-state index >= 15 is 0 Å². The molecule has 4 N–H and O–H groups in total. The topological polar surface area (TPSA) is 112 Å². The molecule has 2 aromatic heterocycles. The van der Waals surface area contributed by atoms with Crippen LogP contribution >= 0.6 is 23.2 Å². The Kier molecular flexibility index (Phi) is 8.05. The SMILES string of the molecule is O=C(NCCCC[C@@H](CO)NC(=O)c1cc2c(Cl)c(Cl)ccc2[nH]1)c1ccn(C(F)F)n1. The number of hydrogen-bond donors (Lipinski definition) is 4. The molecule has 2 heterocycles. The predicted octanol–water partition coefficient (Wildman–Crippen LogP) is 3.76. The summed E-state index contributed by atoms with van der Waals surface area (Å²) in [4.78, 5) is 27.4. The molecule has 8 nitrogen and oxygen atoms in total. The maximum absolute atomic E-state index is 12.5. The zero-order chi connectivity index (χ0) is 23.3. The maximum atomic E-state index is 12.5. The molecule has 12 heteroatoms. The fourth-order valence-electron chi connectivity index (χ4n) is 3.11. The summed E-state index contributed by atoms with van der Waals surface area (Å²) in [6, 6.07) is 5.67. The Morgan fingerprint density at radius 2 is 1.97 bits per heavy atom. The Morgan fingerprint density at radius 3 is 2.66 bits per heavy atom. The van der Waals surface area contributed by atoms with Gasteiger partial charge in [0.1, 0.15) is 11.4 Å². The average Bonchev–Trinajstić information content (AvgIpc) is 3.43. The first-order valence-corrected chi connectivity index (χ1v) is 10.6. The summed E-state index contributed by atoms with van der Waals surface area (Å²) in [5.74, 6) is -0.940. The molecule has 32 heavy (non-hydrogen) atoms. The number of nitrogens with zero attached hydrogens (tertiary/aromatic N) is 2. The van der Waals surface area contributed by atoms with Gasteiger partial charge in [0.05, 0.1) is 22.7 Å². The number of halogens is 4. The summed E-state index contributed by atoms with van der Waals surface area (Å²) in [6.07, 6.45) is 2.67. The molecule has 0 fully saturated rings. The zero-order valence-corrected chi connectivity index (χ0v) is 18.3. The van der Waals surface area contributed by atoms with Crippen molar-refractivity contribution in [2.24, 2.45) is 0 Å². The van der Waals surface area contributed by atoms with E-state index in [2.05, 4.69) is 20.7 Å². The minimum absolute atomic E-state index is 0.0921. The number of benzene rings is 1. The highest BCUT2D eigenvalue weighted by atomic mass is 35.5. The summed E-state index contributed by atoms with van der Waals surface area (Å²) < 4.78 is 25.4. The number of nitrogens with one attached hydrogen (secondary N) is 3. The van der Waals surface area contributed by atoms with Crippen molar-refractivity contribution in [3.63, 3.8) is 0 Å². The van der Waals surface area contributed by atoms with Crippen LogP contribution in [-0.2, 0) is 0 Å². The fraction of sp³-hybridized carbons (Fsp3) is 0.350. The van der Waals surface area contributed by atoms with Gasteiger partial charge in [-0.15, -0.1) is 0 Å². The Bertz CT molecular complexity index is 1100. The number of alkyl halides is 2. The largest absolute Gasteiger partial charge is 0.394 e. The van der Waals surface area contributed by atoms with E-state index in [9.17, 15) is 23.5 Å². The number of aliphatic hydroxyl groups excluding tert-OH is 1. The van der Waals surface area contributed by atoms with Crippen molar-refractivity contribution in [3.8, 4) is 0 Å². The molecule has 1 aromatic carbocycles. The standard InChI is InChI=1S/C20H21Cl2F2N5O3/c21-13-4-5-14-12(17(13)22)9-16(27-14)19(32)26-11(10-30)3-1-2-7-25-18(31)15-6-8-29(28-15)20(23)24/h4-6,8-9,11,20,27,30H,1-3,7,10H2,(H,25,31)(H,26,32)/t11-/m0/s1. The highest BCUT2D eigenvalue weighted by molar-refractivity contribution is 6.45. The normalized spacial score (nSPS) is 12.3. The van der Waals surface area contributed by atoms with E-state index in [4.69, 9.17) is 23.2 Å². The van der Waals surface area contributed by atoms with Crippen LogP contribution in [0.2, 0.25) is 10.0 Å². The second-order valence-electron chi connectivity index (χ2n) is 7.07. The molecule has 1 atom stereocenters. The molecule has 3 rings (SSSR count). The van der Waals surface area contributed by atoms with Gasteiger partial charge < -0.3 is 20.7 Å². The molecule has 0 aliphatic rings. The number of unbranched alkanes of at least 4 members (excludes halogenated alkanes) is 1. The van der Waals surface area contributed by atoms with Crippen LogP contribution in [0.15, 0.2) is 30.5 Å². The predicted molar refractivity (Wildman–Crippen MR) is 116 cm³/mol. The Hall–Kier alpha value is -2.69. The molecule has 0 saturated carbocycles. The van der Waals surface area contributed by atoms with E-state index in [1.165, 1.54) is 6.07 Å². The summed E-state index contributed by atoms with van der Waals surface area (Å²) in [5.41, 5.74) is 0.864. The molecule has 0 aliphatic heterocycles. The number of hydrogen-bond acceptors (Lipinski definition) is 4. The van der Waals surface area contributed by atoms with Gasteiger partial charge >= 0.3 is 6.55 Å². The number of aliphatic hydroxyl groups is 1. The Labute approximate surface area is 191 Å². The molecule has 0 radical (unpaired) electrons. The van der Waals surface area contributed by atoms with Crippen molar-refractivity contribution in [2.75, 3.05) is 13.2 Å². The molecular weight excluding hydrogens is 467 g/mol. The minimum atomic E-state index is -2.80. The lowest BCUT2D eigenvalue weighted by Crippen LogP contribution is -2.37. The number of rotatable bonds is 10. The molecule has 2 amide bonds. The first-order valence-electron chi connectivity index (χ1n) is 9.80. The van der Waals surface area contributed by atoms with E-state index in [-0.39, 0.29) is 18.0 Å². The van der Waals surface area contributed by atoms with Gasteiger partial charge in [0.25, 0.3) is 11.8 Å². The van der Waals surface area contributed by atoms with Crippen LogP contribution in [-0.4, -0.2) is 50.9 Å². The quantitative estimate of drug-likeness (QED) is 0.326. The molecule has 0 unspecified atom stereocenters. The summed E-state index contributed by atoms with van der Waals surface area (Å²) in [5, 5.41) is 19.8. The molecule has 0 bridgehead atoms. The lowest BCUT2D eigenvalue weighted by Gasteiger charge is -2.15. The van der Waals surface area contributed by atoms with Crippen LogP contribution in [0.3, 0.4) is 0 Å². The van der Waals surface area contributed by atoms with Gasteiger partial charge in [0, 0.05) is 23.6 Å². The van der Waals surface area contributed by atoms with Gasteiger partial charge in [-0.3, -0.25) is 9.59 Å². The molecule has 0 saturated heterocycles. The van der Waals surface area contributed by atoms with Gasteiger partial charge in [-0.25, -0.2) is 4.68 Å². The first-order chi connectivity index (χ1) is 15.3. The van der Waals surface area contributed by atoms with E-state index < -0.39 is 24.4 Å². The minimum Gasteiger partial charge on any atom is -0.394 e. The van der Waals surface area contributed by atoms with Gasteiger partial charge in [-0.05, 0) is 43.5 Å². The van der Waals surface area contributed by atoms with Crippen LogP contribution in [0, 0.1) is 0 Å². The average molecular weight is 488 g/mol. The number of aromatic nitrogens is 3. The smallest absolute Gasteiger partial charge is 0.333 e. The lowest BCUT2D eigenvalue weighted by molar-refractivity contribution is 0.0560. The third-order valence-corrected chi connectivity index (χ3v) is 5.62. The third-order valence-electron chi connectivity index (χ3n) is 4.80. The van der Waals surface area contributed by atoms with Gasteiger partial charge in [0.2, 0.25) is 0 Å². The molecule has 172 valence electrons. The van der Waals surface area contributed by atoms with Gasteiger partial charge in [0.15, 0.2) is 0 Å². The van der Waals surface area contributed by atoms with Crippen molar-refractivity contribution >= 4 is 45.9 Å². The second-order valence-corrected chi connectivity index (χ2v) is 7.85. The molecule has 3 aromatic rings. The number of carbonyl (C=O) groups is 2. The fourth-order valence-corrected chi connectivity index (χ4v) is 3.50. The number of H-pyrrole nitrogens is 1. The van der Waals surface area contributed by atoms with Crippen LogP contribution < -0.4 is 10.6 Å². The number of fused-ring (bicyclic) bond motifs is 1. The Balaban J connectivity index is 1.44. The second kappa shape index (κ2) is 10.8. The number of amides is 2. The number of aromatic amines is 1. The molecule has 0 aliphatic carbocycles. The van der Waals surface area contributed by atoms with E-state index in [0.717, 1.165) is 6.20 Å². The third kappa shape index (κ3) is 5.76. The van der Waals surface area contributed by atoms with Gasteiger partial charge in [-0.1, -0.05) is 23.2 Å². The maximum Gasteiger partial charge on any atom is 0.333 e. The van der Waals surface area contributed by atoms with Crippen LogP contribution in [0.4, 0.5) is 8.78 Å². The Morgan fingerprint density at radius 1 is 1.19 bits per heavy atom. The van der Waals surface area contributed by atoms with Crippen molar-refractivity contribution in [1.82, 2.24) is 25.4 Å². The summed E-state index contributed by atoms with van der Waals surface area (Å²) in [7, 11) is 0. The molecule has 0 spiro atoms. The van der Waals surface area contributed by atoms with Gasteiger partial charge in [-0.2, -0.15) is 13.9 Å². The zero-order valence-electron chi connectivity index (χ0n) is 16.7. The van der Waals surface area contributed by atoms with E-state index in [1.54, 1.807) is 18.2 Å². The van der Waals surface area contributed by atoms with E-state index in [0.29, 0.717) is 51.4 Å². The summed E-state index contributed by atoms with van der Waals surface area (Å²) >= 11 is 12.2. The first kappa shape index (κ1) is 24.0. The van der Waals surface area contributed by atoms with Crippen molar-refractivity contribution < 1.29 is 23.5 Å². The van der Waals surface area contributed by atoms with Crippen LogP contribution in [0.1, 0.15) is 46.8 Å². The van der Waals surface area contributed by atoms with Crippen molar-refractivity contribution in [2.45, 2.75) is 31.9 Å².